The van der Waals surface area contributed by atoms with E-state index in [-0.39, 0.29) is 11.7 Å². The molecule has 2 aromatic carbocycles. The van der Waals surface area contributed by atoms with Crippen LogP contribution in [0.4, 0.5) is 0 Å². The number of primary amides is 1. The van der Waals surface area contributed by atoms with Crippen molar-refractivity contribution in [2.45, 2.75) is 25.5 Å². The van der Waals surface area contributed by atoms with Crippen LogP contribution in [0.2, 0.25) is 0 Å². The van der Waals surface area contributed by atoms with Crippen LogP contribution in [-0.2, 0) is 11.3 Å². The number of amides is 2. The maximum Gasteiger partial charge on any atom is 0.248 e. The highest BCUT2D eigenvalue weighted by molar-refractivity contribution is 7.99. The Bertz CT molecular complexity index is 1010. The Morgan fingerprint density at radius 2 is 2.00 bits per heavy atom. The number of carbonyl (C=O) groups excluding carboxylic acids is 2. The van der Waals surface area contributed by atoms with Crippen LogP contribution in [0.3, 0.4) is 0 Å². The van der Waals surface area contributed by atoms with E-state index in [2.05, 4.69) is 35.4 Å². The first-order valence-corrected chi connectivity index (χ1v) is 9.82. The van der Waals surface area contributed by atoms with E-state index in [4.69, 9.17) is 5.73 Å². The highest BCUT2D eigenvalue weighted by Gasteiger charge is 2.11. The summed E-state index contributed by atoms with van der Waals surface area (Å²) in [6, 6.07) is 13.2. The van der Waals surface area contributed by atoms with Crippen molar-refractivity contribution < 1.29 is 9.59 Å². The van der Waals surface area contributed by atoms with Crippen LogP contribution in [0.5, 0.6) is 0 Å². The van der Waals surface area contributed by atoms with Gasteiger partial charge in [-0.25, -0.2) is 4.98 Å². The van der Waals surface area contributed by atoms with Gasteiger partial charge in [-0.2, -0.15) is 0 Å². The lowest BCUT2D eigenvalue weighted by molar-refractivity contribution is -0.118. The largest absolute Gasteiger partial charge is 0.366 e. The van der Waals surface area contributed by atoms with E-state index in [1.807, 2.05) is 23.8 Å². The Hall–Kier alpha value is -3.06. The molecule has 1 heterocycles. The van der Waals surface area contributed by atoms with E-state index < -0.39 is 5.91 Å². The average Bonchev–Trinajstić information content (AvgIpc) is 3.15. The van der Waals surface area contributed by atoms with Gasteiger partial charge in [-0.15, -0.1) is 0 Å². The summed E-state index contributed by atoms with van der Waals surface area (Å²) >= 11 is 1.38. The molecular weight excluding hydrogens is 372 g/mol. The van der Waals surface area contributed by atoms with Gasteiger partial charge in [0.25, 0.3) is 0 Å². The number of hydrogen-bond donors (Lipinski definition) is 2. The Labute approximate surface area is 168 Å². The van der Waals surface area contributed by atoms with E-state index in [9.17, 15) is 9.59 Å². The van der Waals surface area contributed by atoms with Crippen molar-refractivity contribution in [2.75, 3.05) is 5.75 Å². The molecule has 0 aliphatic heterocycles. The second kappa shape index (κ2) is 8.75. The first-order valence-electron chi connectivity index (χ1n) is 8.83. The standard InChI is InChI=1S/C21H22N4O2S/c1-14-6-7-15(2)18(10-14)25-9-8-23-21(25)28-13-19(26)24-12-16-4-3-5-17(11-16)20(22)27/h3-11H,12-13H2,1-2H3,(H2,22,27)(H,24,26). The smallest absolute Gasteiger partial charge is 0.248 e. The van der Waals surface area contributed by atoms with Crippen molar-refractivity contribution in [1.82, 2.24) is 14.9 Å². The number of nitrogens with one attached hydrogen (secondary N) is 1. The number of benzene rings is 2. The third-order valence-corrected chi connectivity index (χ3v) is 5.23. The van der Waals surface area contributed by atoms with Gasteiger partial charge in [0, 0.05) is 24.5 Å². The zero-order valence-electron chi connectivity index (χ0n) is 15.8. The van der Waals surface area contributed by atoms with Gasteiger partial charge in [-0.05, 0) is 48.7 Å². The summed E-state index contributed by atoms with van der Waals surface area (Å²) in [5.74, 6) is -0.343. The molecule has 3 aromatic rings. The molecule has 7 heteroatoms. The summed E-state index contributed by atoms with van der Waals surface area (Å²) in [6.07, 6.45) is 3.63. The van der Waals surface area contributed by atoms with Gasteiger partial charge in [0.15, 0.2) is 5.16 Å². The van der Waals surface area contributed by atoms with Crippen LogP contribution in [-0.4, -0.2) is 27.1 Å². The summed E-state index contributed by atoms with van der Waals surface area (Å²) < 4.78 is 2.00. The molecule has 0 aliphatic rings. The number of nitrogens with two attached hydrogens (primary N) is 1. The molecule has 0 saturated heterocycles. The Balaban J connectivity index is 1.60. The minimum atomic E-state index is -0.484. The van der Waals surface area contributed by atoms with Gasteiger partial charge >= 0.3 is 0 Å². The molecule has 0 spiro atoms. The second-order valence-electron chi connectivity index (χ2n) is 6.50. The highest BCUT2D eigenvalue weighted by atomic mass is 32.2. The van der Waals surface area contributed by atoms with E-state index in [1.54, 1.807) is 24.4 Å². The monoisotopic (exact) mass is 394 g/mol. The molecule has 144 valence electrons. The molecule has 0 fully saturated rings. The maximum absolute atomic E-state index is 12.2. The third-order valence-electron chi connectivity index (χ3n) is 4.26. The summed E-state index contributed by atoms with van der Waals surface area (Å²) in [5.41, 5.74) is 9.91. The fourth-order valence-corrected chi connectivity index (χ4v) is 3.57. The quantitative estimate of drug-likeness (QED) is 0.603. The highest BCUT2D eigenvalue weighted by Crippen LogP contribution is 2.23. The molecule has 0 bridgehead atoms. The molecule has 0 atom stereocenters. The summed E-state index contributed by atoms with van der Waals surface area (Å²) in [4.78, 5) is 27.9. The van der Waals surface area contributed by atoms with Crippen molar-refractivity contribution in [1.29, 1.82) is 0 Å². The predicted octanol–water partition coefficient (Wildman–Crippen LogP) is 3.00. The number of thioether (sulfide) groups is 1. The van der Waals surface area contributed by atoms with Crippen LogP contribution >= 0.6 is 11.8 Å². The van der Waals surface area contributed by atoms with Gasteiger partial charge in [0.1, 0.15) is 0 Å². The van der Waals surface area contributed by atoms with Gasteiger partial charge in [0.2, 0.25) is 11.8 Å². The fraction of sp³-hybridized carbons (Fsp3) is 0.190. The zero-order chi connectivity index (χ0) is 20.1. The Morgan fingerprint density at radius 3 is 2.79 bits per heavy atom. The van der Waals surface area contributed by atoms with Gasteiger partial charge in [-0.3, -0.25) is 14.2 Å². The SMILES string of the molecule is Cc1ccc(C)c(-n2ccnc2SCC(=O)NCc2cccc(C(N)=O)c2)c1. The minimum absolute atomic E-state index is 0.106. The average molecular weight is 395 g/mol. The molecule has 28 heavy (non-hydrogen) atoms. The van der Waals surface area contributed by atoms with Gasteiger partial charge in [-0.1, -0.05) is 36.0 Å². The molecule has 0 unspecified atom stereocenters. The minimum Gasteiger partial charge on any atom is -0.366 e. The van der Waals surface area contributed by atoms with Crippen LogP contribution in [0.15, 0.2) is 60.0 Å². The van der Waals surface area contributed by atoms with Crippen molar-refractivity contribution in [3.05, 3.63) is 77.1 Å². The lowest BCUT2D eigenvalue weighted by Gasteiger charge is -2.11. The van der Waals surface area contributed by atoms with E-state index in [0.29, 0.717) is 12.1 Å². The normalized spacial score (nSPS) is 10.6. The molecule has 0 saturated carbocycles. The first kappa shape index (κ1) is 19.7. The molecule has 0 aliphatic carbocycles. The van der Waals surface area contributed by atoms with Crippen molar-refractivity contribution >= 4 is 23.6 Å². The number of aromatic nitrogens is 2. The van der Waals surface area contributed by atoms with Crippen molar-refractivity contribution in [3.63, 3.8) is 0 Å². The Morgan fingerprint density at radius 1 is 1.18 bits per heavy atom. The lowest BCUT2D eigenvalue weighted by Crippen LogP contribution is -2.25. The zero-order valence-corrected chi connectivity index (χ0v) is 16.6. The van der Waals surface area contributed by atoms with Crippen LogP contribution < -0.4 is 11.1 Å². The van der Waals surface area contributed by atoms with Crippen molar-refractivity contribution in [3.8, 4) is 5.69 Å². The first-order chi connectivity index (χ1) is 13.4. The molecule has 6 nitrogen and oxygen atoms in total. The molecule has 3 N–H and O–H groups in total. The molecular formula is C21H22N4O2S. The third kappa shape index (κ3) is 4.80. The lowest BCUT2D eigenvalue weighted by atomic mass is 10.1. The summed E-state index contributed by atoms with van der Waals surface area (Å²) in [6.45, 7) is 4.44. The number of imidazole rings is 1. The molecule has 2 amide bonds. The van der Waals surface area contributed by atoms with Crippen molar-refractivity contribution in [2.24, 2.45) is 5.73 Å². The number of hydrogen-bond acceptors (Lipinski definition) is 4. The van der Waals surface area contributed by atoms with E-state index >= 15 is 0 Å². The van der Waals surface area contributed by atoms with Crippen LogP contribution in [0.25, 0.3) is 5.69 Å². The Kier molecular flexibility index (Phi) is 6.16. The van der Waals surface area contributed by atoms with Gasteiger partial charge < -0.3 is 11.1 Å². The topological polar surface area (TPSA) is 90.0 Å². The van der Waals surface area contributed by atoms with E-state index in [0.717, 1.165) is 22.0 Å². The number of rotatable bonds is 7. The maximum atomic E-state index is 12.2. The fourth-order valence-electron chi connectivity index (χ4n) is 2.78. The van der Waals surface area contributed by atoms with Crippen LogP contribution in [0.1, 0.15) is 27.0 Å². The summed E-state index contributed by atoms with van der Waals surface area (Å²) in [5, 5.41) is 3.62. The van der Waals surface area contributed by atoms with Gasteiger partial charge in [0.05, 0.1) is 11.4 Å². The number of carbonyl (C=O) groups is 2. The summed E-state index contributed by atoms with van der Waals surface area (Å²) in [7, 11) is 0. The number of aryl methyl sites for hydroxylation is 2. The number of nitrogens with zero attached hydrogens (tertiary/aromatic N) is 2. The molecule has 0 radical (unpaired) electrons. The predicted molar refractivity (Wildman–Crippen MR) is 111 cm³/mol. The van der Waals surface area contributed by atoms with Crippen LogP contribution in [0, 0.1) is 13.8 Å². The molecule has 1 aromatic heterocycles. The van der Waals surface area contributed by atoms with E-state index in [1.165, 1.54) is 17.3 Å². The molecule has 3 rings (SSSR count). The second-order valence-corrected chi connectivity index (χ2v) is 7.44.